The van der Waals surface area contributed by atoms with Crippen molar-refractivity contribution in [3.05, 3.63) is 33.4 Å². The van der Waals surface area contributed by atoms with Crippen LogP contribution in [0.2, 0.25) is 0 Å². The Morgan fingerprint density at radius 1 is 1.17 bits per heavy atom. The van der Waals surface area contributed by atoms with Crippen LogP contribution in [0.5, 0.6) is 0 Å². The molecule has 0 N–H and O–H groups in total. The van der Waals surface area contributed by atoms with E-state index in [0.717, 1.165) is 9.13 Å². The maximum atomic E-state index is 11.7. The molecule has 18 heavy (non-hydrogen) atoms. The Labute approximate surface area is 115 Å². The van der Waals surface area contributed by atoms with Gasteiger partial charge in [-0.15, -0.1) is 0 Å². The van der Waals surface area contributed by atoms with E-state index in [1.54, 1.807) is 0 Å². The molecule has 3 rings (SSSR count). The molecule has 2 aliphatic rings. The molecule has 1 heterocycles. The minimum atomic E-state index is -2.01. The third kappa shape index (κ3) is 2.39. The molecule has 3 heteroatoms. The Morgan fingerprint density at radius 3 is 2.78 bits per heavy atom. The van der Waals surface area contributed by atoms with Crippen LogP contribution in [0, 0.1) is 19.3 Å². The standard InChI is InChI=1S/C15H15IO2/c17-15-13-8-4-5-9-14(13)16(18-15)11-10-12-6-2-1-3-7-12/h4-5,8-9,12H,1-3,6-7H2. The first-order valence-corrected chi connectivity index (χ1v) is 9.41. The molecule has 0 unspecified atom stereocenters. The fourth-order valence-electron chi connectivity index (χ4n) is 2.37. The Bertz CT molecular complexity index is 521. The maximum absolute atomic E-state index is 11.7. The first kappa shape index (κ1) is 12.0. The average molecular weight is 354 g/mol. The van der Waals surface area contributed by atoms with Crippen molar-refractivity contribution in [2.75, 3.05) is 0 Å². The van der Waals surface area contributed by atoms with E-state index >= 15 is 0 Å². The summed E-state index contributed by atoms with van der Waals surface area (Å²) in [5, 5.41) is 0. The number of hydrogen-bond donors (Lipinski definition) is 0. The molecule has 1 fully saturated rings. The quantitative estimate of drug-likeness (QED) is 0.520. The molecule has 0 aromatic heterocycles. The number of carbonyl (C=O) groups is 1. The van der Waals surface area contributed by atoms with Crippen LogP contribution in [0.1, 0.15) is 42.5 Å². The van der Waals surface area contributed by atoms with Crippen molar-refractivity contribution in [1.82, 2.24) is 0 Å². The summed E-state index contributed by atoms with van der Waals surface area (Å²) in [6.07, 6.45) is 6.37. The van der Waals surface area contributed by atoms with Crippen LogP contribution in [0.4, 0.5) is 0 Å². The molecule has 1 aromatic carbocycles. The monoisotopic (exact) mass is 354 g/mol. The number of carbonyl (C=O) groups excluding carboxylic acids is 1. The second-order valence-electron chi connectivity index (χ2n) is 4.67. The number of fused-ring (bicyclic) bond motifs is 1. The van der Waals surface area contributed by atoms with Crippen LogP contribution >= 0.6 is 20.2 Å². The molecule has 94 valence electrons. The van der Waals surface area contributed by atoms with E-state index in [1.807, 2.05) is 24.3 Å². The van der Waals surface area contributed by atoms with Gasteiger partial charge in [0.25, 0.3) is 0 Å². The summed E-state index contributed by atoms with van der Waals surface area (Å²) in [7, 11) is 0. The van der Waals surface area contributed by atoms with Gasteiger partial charge in [-0.1, -0.05) is 0 Å². The van der Waals surface area contributed by atoms with Gasteiger partial charge in [0.1, 0.15) is 0 Å². The van der Waals surface area contributed by atoms with Gasteiger partial charge in [0.15, 0.2) is 0 Å². The van der Waals surface area contributed by atoms with Gasteiger partial charge in [0, 0.05) is 0 Å². The number of halogens is 1. The van der Waals surface area contributed by atoms with E-state index in [-0.39, 0.29) is 5.97 Å². The van der Waals surface area contributed by atoms with Crippen molar-refractivity contribution in [3.8, 4) is 9.85 Å². The SMILES string of the molecule is O=C1OI(C#CC2CCCCC2)c2ccccc21. The second-order valence-corrected chi connectivity index (χ2v) is 8.23. The average Bonchev–Trinajstić information content (AvgIpc) is 2.75. The van der Waals surface area contributed by atoms with Gasteiger partial charge in [-0.2, -0.15) is 0 Å². The Morgan fingerprint density at radius 2 is 1.94 bits per heavy atom. The molecule has 2 nitrogen and oxygen atoms in total. The molecule has 0 saturated heterocycles. The van der Waals surface area contributed by atoms with E-state index in [1.165, 1.54) is 32.1 Å². The van der Waals surface area contributed by atoms with Gasteiger partial charge in [0.05, 0.1) is 0 Å². The topological polar surface area (TPSA) is 26.3 Å². The van der Waals surface area contributed by atoms with Crippen molar-refractivity contribution in [2.24, 2.45) is 5.92 Å². The zero-order chi connectivity index (χ0) is 12.4. The molecule has 0 spiro atoms. The number of hydrogen-bond acceptors (Lipinski definition) is 2. The van der Waals surface area contributed by atoms with Gasteiger partial charge in [-0.25, -0.2) is 0 Å². The minimum absolute atomic E-state index is 0.172. The van der Waals surface area contributed by atoms with Crippen LogP contribution in [0.3, 0.4) is 0 Å². The molecule has 0 bridgehead atoms. The fraction of sp³-hybridized carbons (Fsp3) is 0.400. The van der Waals surface area contributed by atoms with Crippen molar-refractivity contribution < 1.29 is 7.86 Å². The zero-order valence-corrected chi connectivity index (χ0v) is 12.3. The molecule has 1 aromatic rings. The van der Waals surface area contributed by atoms with E-state index in [9.17, 15) is 4.79 Å². The van der Waals surface area contributed by atoms with Crippen LogP contribution in [-0.4, -0.2) is 5.97 Å². The zero-order valence-electron chi connectivity index (χ0n) is 10.1. The van der Waals surface area contributed by atoms with Crippen LogP contribution in [-0.2, 0) is 3.07 Å². The second kappa shape index (κ2) is 5.31. The van der Waals surface area contributed by atoms with Crippen molar-refractivity contribution in [3.63, 3.8) is 0 Å². The molecule has 1 aliphatic heterocycles. The normalized spacial score (nSPS) is 20.9. The van der Waals surface area contributed by atoms with Crippen LogP contribution in [0.15, 0.2) is 24.3 Å². The third-order valence-corrected chi connectivity index (χ3v) is 7.01. The first-order chi connectivity index (χ1) is 8.84. The van der Waals surface area contributed by atoms with Crippen molar-refractivity contribution in [1.29, 1.82) is 0 Å². The fourth-order valence-corrected chi connectivity index (χ4v) is 5.83. The number of benzene rings is 1. The number of rotatable bonds is 0. The molecular formula is C15H15IO2. The summed E-state index contributed by atoms with van der Waals surface area (Å²) in [6.45, 7) is 0. The van der Waals surface area contributed by atoms with E-state index < -0.39 is 20.2 Å². The van der Waals surface area contributed by atoms with E-state index in [4.69, 9.17) is 3.07 Å². The van der Waals surface area contributed by atoms with E-state index in [2.05, 4.69) is 9.85 Å². The predicted octanol–water partition coefficient (Wildman–Crippen LogP) is 3.99. The molecule has 0 atom stereocenters. The van der Waals surface area contributed by atoms with Crippen LogP contribution < -0.4 is 0 Å². The van der Waals surface area contributed by atoms with Gasteiger partial charge >= 0.3 is 115 Å². The molecule has 0 radical (unpaired) electrons. The summed E-state index contributed by atoms with van der Waals surface area (Å²) in [4.78, 5) is 11.7. The molecular weight excluding hydrogens is 339 g/mol. The summed E-state index contributed by atoms with van der Waals surface area (Å²) in [6, 6.07) is 7.69. The van der Waals surface area contributed by atoms with Crippen LogP contribution in [0.25, 0.3) is 0 Å². The Kier molecular flexibility index (Phi) is 3.55. The van der Waals surface area contributed by atoms with Gasteiger partial charge in [-0.3, -0.25) is 0 Å². The molecule has 0 amide bonds. The van der Waals surface area contributed by atoms with Crippen molar-refractivity contribution in [2.45, 2.75) is 32.1 Å². The summed E-state index contributed by atoms with van der Waals surface area (Å²) in [5.74, 6) is 3.73. The Balaban J connectivity index is 1.79. The van der Waals surface area contributed by atoms with Gasteiger partial charge in [-0.05, 0) is 0 Å². The molecule has 1 aliphatic carbocycles. The Hall–Kier alpha value is -1.02. The van der Waals surface area contributed by atoms with Gasteiger partial charge in [0.2, 0.25) is 0 Å². The summed E-state index contributed by atoms with van der Waals surface area (Å²) >= 11 is -2.01. The van der Waals surface area contributed by atoms with Crippen molar-refractivity contribution >= 4 is 26.2 Å². The van der Waals surface area contributed by atoms with E-state index in [0.29, 0.717) is 5.92 Å². The summed E-state index contributed by atoms with van der Waals surface area (Å²) in [5.41, 5.74) is 0.737. The third-order valence-electron chi connectivity index (χ3n) is 3.38. The predicted molar refractivity (Wildman–Crippen MR) is 78.9 cm³/mol. The molecule has 1 saturated carbocycles. The first-order valence-electron chi connectivity index (χ1n) is 6.37. The van der Waals surface area contributed by atoms with Gasteiger partial charge < -0.3 is 0 Å². The summed E-state index contributed by atoms with van der Waals surface area (Å²) < 4.78 is 9.85.